The van der Waals surface area contributed by atoms with Crippen LogP contribution in [0.4, 0.5) is 0 Å². The molecule has 1 unspecified atom stereocenters. The highest BCUT2D eigenvalue weighted by atomic mass is 32.2. The number of benzene rings is 1. The van der Waals surface area contributed by atoms with Gasteiger partial charge in [-0.1, -0.05) is 35.4 Å². The van der Waals surface area contributed by atoms with Crippen molar-refractivity contribution in [2.24, 2.45) is 0 Å². The molecule has 1 aliphatic heterocycles. The van der Waals surface area contributed by atoms with Crippen molar-refractivity contribution in [3.63, 3.8) is 0 Å². The normalized spacial score (nSPS) is 21.9. The summed E-state index contributed by atoms with van der Waals surface area (Å²) < 4.78 is 22.5. The zero-order chi connectivity index (χ0) is 12.5. The van der Waals surface area contributed by atoms with Gasteiger partial charge in [0, 0.05) is 18.0 Å². The Hall–Kier alpha value is -1.13. The first-order valence-corrected chi connectivity index (χ1v) is 7.38. The Balaban J connectivity index is 1.97. The number of hydrogen-bond acceptors (Lipinski definition) is 3. The highest BCUT2D eigenvalue weighted by molar-refractivity contribution is 7.94. The maximum absolute atomic E-state index is 11.2. The second kappa shape index (κ2) is 4.63. The summed E-state index contributed by atoms with van der Waals surface area (Å²) in [4.78, 5) is 0. The summed E-state index contributed by atoms with van der Waals surface area (Å²) in [6.45, 7) is 4.83. The molecule has 0 spiro atoms. The van der Waals surface area contributed by atoms with E-state index in [2.05, 4.69) is 37.4 Å². The summed E-state index contributed by atoms with van der Waals surface area (Å²) in [6.07, 6.45) is 1.72. The zero-order valence-electron chi connectivity index (χ0n) is 10.1. The molecule has 1 heterocycles. The minimum Gasteiger partial charge on any atom is -0.305 e. The Morgan fingerprint density at radius 2 is 1.88 bits per heavy atom. The Morgan fingerprint density at radius 3 is 2.41 bits per heavy atom. The van der Waals surface area contributed by atoms with Crippen molar-refractivity contribution in [3.05, 3.63) is 46.4 Å². The standard InChI is InChI=1S/C13H17NO2S/c1-10-5-11(2)7-12(6-10)8-14-13-3-4-17(15,16)9-13/h3-7,13-14H,8-9H2,1-2H3. The molecule has 0 bridgehead atoms. The van der Waals surface area contributed by atoms with Crippen molar-refractivity contribution in [2.75, 3.05) is 5.75 Å². The van der Waals surface area contributed by atoms with Crippen LogP contribution in [0.5, 0.6) is 0 Å². The summed E-state index contributed by atoms with van der Waals surface area (Å²) in [7, 11) is -2.96. The lowest BCUT2D eigenvalue weighted by molar-refractivity contribution is 0.590. The molecule has 2 rings (SSSR count). The van der Waals surface area contributed by atoms with Gasteiger partial charge in [-0.25, -0.2) is 8.42 Å². The van der Waals surface area contributed by atoms with Crippen molar-refractivity contribution >= 4 is 9.84 Å². The summed E-state index contributed by atoms with van der Waals surface area (Å²) in [5.41, 5.74) is 3.66. The van der Waals surface area contributed by atoms with E-state index < -0.39 is 9.84 Å². The summed E-state index contributed by atoms with van der Waals surface area (Å²) in [5, 5.41) is 4.54. The van der Waals surface area contributed by atoms with Gasteiger partial charge in [0.25, 0.3) is 0 Å². The fourth-order valence-electron chi connectivity index (χ4n) is 2.12. The maximum Gasteiger partial charge on any atom is 0.173 e. The van der Waals surface area contributed by atoms with E-state index in [1.54, 1.807) is 6.08 Å². The smallest absolute Gasteiger partial charge is 0.173 e. The summed E-state index contributed by atoms with van der Waals surface area (Å²) in [6, 6.07) is 6.31. The molecule has 17 heavy (non-hydrogen) atoms. The van der Waals surface area contributed by atoms with Crippen LogP contribution in [-0.4, -0.2) is 20.2 Å². The van der Waals surface area contributed by atoms with Crippen LogP contribution in [0.1, 0.15) is 16.7 Å². The Morgan fingerprint density at radius 1 is 1.24 bits per heavy atom. The minimum atomic E-state index is -2.96. The van der Waals surface area contributed by atoms with E-state index in [1.807, 2.05) is 0 Å². The third-order valence-corrected chi connectivity index (χ3v) is 4.18. The molecular formula is C13H17NO2S. The zero-order valence-corrected chi connectivity index (χ0v) is 10.9. The highest BCUT2D eigenvalue weighted by Crippen LogP contribution is 2.11. The van der Waals surface area contributed by atoms with Crippen molar-refractivity contribution in [2.45, 2.75) is 26.4 Å². The number of nitrogens with one attached hydrogen (secondary N) is 1. The van der Waals surface area contributed by atoms with Crippen LogP contribution in [0.2, 0.25) is 0 Å². The maximum atomic E-state index is 11.2. The van der Waals surface area contributed by atoms with E-state index in [9.17, 15) is 8.42 Å². The molecule has 0 amide bonds. The third kappa shape index (κ3) is 3.41. The monoisotopic (exact) mass is 251 g/mol. The first kappa shape index (κ1) is 12.3. The average Bonchev–Trinajstić information content (AvgIpc) is 2.54. The molecule has 1 aliphatic rings. The molecule has 0 aliphatic carbocycles. The number of rotatable bonds is 3. The second-order valence-electron chi connectivity index (χ2n) is 4.64. The quantitative estimate of drug-likeness (QED) is 0.889. The molecule has 3 nitrogen and oxygen atoms in total. The average molecular weight is 251 g/mol. The predicted octanol–water partition coefficient (Wildman–Crippen LogP) is 1.70. The van der Waals surface area contributed by atoms with Crippen molar-refractivity contribution in [1.29, 1.82) is 0 Å². The lowest BCUT2D eigenvalue weighted by atomic mass is 10.1. The predicted molar refractivity (Wildman–Crippen MR) is 69.5 cm³/mol. The van der Waals surface area contributed by atoms with Crippen LogP contribution in [0.25, 0.3) is 0 Å². The van der Waals surface area contributed by atoms with Crippen LogP contribution in [0, 0.1) is 13.8 Å². The minimum absolute atomic E-state index is 0.0548. The van der Waals surface area contributed by atoms with Crippen LogP contribution in [-0.2, 0) is 16.4 Å². The number of hydrogen-bond donors (Lipinski definition) is 1. The van der Waals surface area contributed by atoms with Gasteiger partial charge < -0.3 is 5.32 Å². The van der Waals surface area contributed by atoms with Crippen molar-refractivity contribution in [3.8, 4) is 0 Å². The van der Waals surface area contributed by atoms with Crippen LogP contribution >= 0.6 is 0 Å². The van der Waals surface area contributed by atoms with Crippen LogP contribution in [0.3, 0.4) is 0 Å². The number of aryl methyl sites for hydroxylation is 2. The Bertz CT molecular complexity index is 526. The fourth-order valence-corrected chi connectivity index (χ4v) is 3.39. The van der Waals surface area contributed by atoms with Gasteiger partial charge in [-0.2, -0.15) is 0 Å². The SMILES string of the molecule is Cc1cc(C)cc(CNC2C=CS(=O)(=O)C2)c1. The van der Waals surface area contributed by atoms with Crippen LogP contribution in [0.15, 0.2) is 29.7 Å². The van der Waals surface area contributed by atoms with Gasteiger partial charge >= 0.3 is 0 Å². The van der Waals surface area contributed by atoms with Gasteiger partial charge in [0.2, 0.25) is 0 Å². The largest absolute Gasteiger partial charge is 0.305 e. The summed E-state index contributed by atoms with van der Waals surface area (Å²) in [5.74, 6) is 0.178. The molecule has 0 aromatic heterocycles. The molecule has 0 saturated heterocycles. The molecular weight excluding hydrogens is 234 g/mol. The lowest BCUT2D eigenvalue weighted by Crippen LogP contribution is -2.29. The number of sulfone groups is 1. The van der Waals surface area contributed by atoms with Gasteiger partial charge in [0.15, 0.2) is 9.84 Å². The molecule has 1 aromatic rings. The molecule has 4 heteroatoms. The Kier molecular flexibility index (Phi) is 3.35. The van der Waals surface area contributed by atoms with E-state index in [-0.39, 0.29) is 11.8 Å². The van der Waals surface area contributed by atoms with Crippen molar-refractivity contribution in [1.82, 2.24) is 5.32 Å². The Labute approximate surface area is 102 Å². The van der Waals surface area contributed by atoms with Crippen molar-refractivity contribution < 1.29 is 8.42 Å². The van der Waals surface area contributed by atoms with E-state index >= 15 is 0 Å². The molecule has 1 N–H and O–H groups in total. The molecule has 1 aromatic carbocycles. The van der Waals surface area contributed by atoms with Crippen LogP contribution < -0.4 is 5.32 Å². The van der Waals surface area contributed by atoms with E-state index in [1.165, 1.54) is 22.1 Å². The first-order valence-electron chi connectivity index (χ1n) is 5.66. The first-order chi connectivity index (χ1) is 7.94. The van der Waals surface area contributed by atoms with Gasteiger partial charge in [0.1, 0.15) is 0 Å². The third-order valence-electron chi connectivity index (χ3n) is 2.78. The second-order valence-corrected chi connectivity index (χ2v) is 6.57. The molecule has 92 valence electrons. The summed E-state index contributed by atoms with van der Waals surface area (Å²) >= 11 is 0. The molecule has 1 atom stereocenters. The topological polar surface area (TPSA) is 46.2 Å². The molecule has 0 radical (unpaired) electrons. The molecule has 0 saturated carbocycles. The van der Waals surface area contributed by atoms with Gasteiger partial charge in [-0.15, -0.1) is 0 Å². The van der Waals surface area contributed by atoms with Gasteiger partial charge in [-0.3, -0.25) is 0 Å². The van der Waals surface area contributed by atoms with E-state index in [0.717, 1.165) is 0 Å². The van der Waals surface area contributed by atoms with Gasteiger partial charge in [0.05, 0.1) is 5.75 Å². The lowest BCUT2D eigenvalue weighted by Gasteiger charge is -2.11. The van der Waals surface area contributed by atoms with E-state index in [4.69, 9.17) is 0 Å². The highest BCUT2D eigenvalue weighted by Gasteiger charge is 2.20. The van der Waals surface area contributed by atoms with E-state index in [0.29, 0.717) is 6.54 Å². The fraction of sp³-hybridized carbons (Fsp3) is 0.385. The molecule has 0 fully saturated rings. The van der Waals surface area contributed by atoms with Gasteiger partial charge in [-0.05, 0) is 19.4 Å².